The third-order valence-corrected chi connectivity index (χ3v) is 4.74. The molecule has 1 aliphatic carbocycles. The van der Waals surface area contributed by atoms with E-state index in [0.29, 0.717) is 12.0 Å². The Labute approximate surface area is 103 Å². The Balaban J connectivity index is 1.70. The smallest absolute Gasteiger partial charge is 0.0300 e. The van der Waals surface area contributed by atoms with Crippen molar-refractivity contribution in [2.75, 3.05) is 6.54 Å². The summed E-state index contributed by atoms with van der Waals surface area (Å²) in [5.74, 6) is 0.688. The van der Waals surface area contributed by atoms with Crippen molar-refractivity contribution in [3.63, 3.8) is 0 Å². The summed E-state index contributed by atoms with van der Waals surface area (Å²) in [6.07, 6.45) is 3.80. The van der Waals surface area contributed by atoms with Crippen molar-refractivity contribution in [2.24, 2.45) is 11.7 Å². The normalized spacial score (nSPS) is 26.0. The third kappa shape index (κ3) is 3.28. The van der Waals surface area contributed by atoms with E-state index in [9.17, 15) is 0 Å². The monoisotopic (exact) mass is 288 g/mol. The molecule has 2 rings (SSSR count). The maximum Gasteiger partial charge on any atom is 0.0300 e. The number of hydrogen-bond donors (Lipinski definition) is 2. The Morgan fingerprint density at radius 2 is 2.40 bits per heavy atom. The molecule has 1 heterocycles. The fraction of sp³-hybridized carbons (Fsp3) is 0.636. The molecule has 3 N–H and O–H groups in total. The van der Waals surface area contributed by atoms with Crippen LogP contribution in [0, 0.1) is 5.92 Å². The predicted octanol–water partition coefficient (Wildman–Crippen LogP) is 2.73. The molecule has 2 atom stereocenters. The molecule has 1 fully saturated rings. The first kappa shape index (κ1) is 11.6. The van der Waals surface area contributed by atoms with Gasteiger partial charge in [0, 0.05) is 27.3 Å². The minimum absolute atomic E-state index is 0.424. The second-order valence-corrected chi connectivity index (χ2v) is 6.13. The van der Waals surface area contributed by atoms with E-state index in [4.69, 9.17) is 5.73 Å². The van der Waals surface area contributed by atoms with E-state index in [1.54, 1.807) is 11.3 Å². The quantitative estimate of drug-likeness (QED) is 0.894. The zero-order chi connectivity index (χ0) is 10.7. The van der Waals surface area contributed by atoms with Gasteiger partial charge in [-0.3, -0.25) is 0 Å². The zero-order valence-corrected chi connectivity index (χ0v) is 11.1. The van der Waals surface area contributed by atoms with E-state index in [2.05, 4.69) is 32.7 Å². The van der Waals surface area contributed by atoms with Crippen LogP contribution in [0.4, 0.5) is 0 Å². The lowest BCUT2D eigenvalue weighted by molar-refractivity contribution is 0.443. The average Bonchev–Trinajstić information content (AvgIpc) is 2.77. The maximum atomic E-state index is 6.02. The van der Waals surface area contributed by atoms with Crippen LogP contribution in [-0.4, -0.2) is 12.6 Å². The average molecular weight is 289 g/mol. The number of nitrogens with one attached hydrogen (secondary N) is 1. The van der Waals surface area contributed by atoms with Crippen molar-refractivity contribution < 1.29 is 0 Å². The molecular formula is C11H17BrN2S. The summed E-state index contributed by atoms with van der Waals surface area (Å²) >= 11 is 5.25. The second kappa shape index (κ2) is 5.43. The Hall–Kier alpha value is 0.1000. The molecule has 2 nitrogen and oxygen atoms in total. The van der Waals surface area contributed by atoms with E-state index in [0.717, 1.165) is 13.1 Å². The molecule has 0 spiro atoms. The number of rotatable bonds is 4. The van der Waals surface area contributed by atoms with Crippen LogP contribution in [-0.2, 0) is 6.54 Å². The Bertz CT molecular complexity index is 313. The molecule has 0 aliphatic heterocycles. The van der Waals surface area contributed by atoms with Crippen molar-refractivity contribution in [1.82, 2.24) is 5.32 Å². The van der Waals surface area contributed by atoms with Crippen LogP contribution >= 0.6 is 27.3 Å². The molecule has 0 aromatic carbocycles. The van der Waals surface area contributed by atoms with E-state index in [1.807, 2.05) is 0 Å². The van der Waals surface area contributed by atoms with Crippen LogP contribution < -0.4 is 11.1 Å². The molecule has 1 saturated carbocycles. The molecule has 0 amide bonds. The lowest BCUT2D eigenvalue weighted by Gasteiger charge is -2.15. The highest BCUT2D eigenvalue weighted by Crippen LogP contribution is 2.23. The second-order valence-electron chi connectivity index (χ2n) is 4.22. The molecule has 1 aromatic rings. The van der Waals surface area contributed by atoms with E-state index >= 15 is 0 Å². The molecule has 84 valence electrons. The Morgan fingerprint density at radius 1 is 1.53 bits per heavy atom. The summed E-state index contributed by atoms with van der Waals surface area (Å²) in [7, 11) is 0. The zero-order valence-electron chi connectivity index (χ0n) is 8.71. The molecule has 2 unspecified atom stereocenters. The number of halogens is 1. The van der Waals surface area contributed by atoms with Gasteiger partial charge in [-0.05, 0) is 47.3 Å². The molecule has 1 aromatic heterocycles. The summed E-state index contributed by atoms with van der Waals surface area (Å²) in [5.41, 5.74) is 6.02. The first-order valence-corrected chi connectivity index (χ1v) is 7.12. The fourth-order valence-corrected chi connectivity index (χ4v) is 3.57. The summed E-state index contributed by atoms with van der Waals surface area (Å²) in [6.45, 7) is 2.04. The van der Waals surface area contributed by atoms with Crippen LogP contribution in [0.1, 0.15) is 24.1 Å². The van der Waals surface area contributed by atoms with Gasteiger partial charge in [-0.15, -0.1) is 11.3 Å². The van der Waals surface area contributed by atoms with Gasteiger partial charge in [0.05, 0.1) is 0 Å². The lowest BCUT2D eigenvalue weighted by atomic mass is 10.1. The third-order valence-electron chi connectivity index (χ3n) is 3.05. The minimum Gasteiger partial charge on any atom is -0.327 e. The van der Waals surface area contributed by atoms with Crippen LogP contribution in [0.3, 0.4) is 0 Å². The Kier molecular flexibility index (Phi) is 4.20. The molecule has 4 heteroatoms. The van der Waals surface area contributed by atoms with Crippen molar-refractivity contribution >= 4 is 27.3 Å². The van der Waals surface area contributed by atoms with E-state index in [-0.39, 0.29) is 0 Å². The maximum absolute atomic E-state index is 6.02. The van der Waals surface area contributed by atoms with Gasteiger partial charge in [-0.25, -0.2) is 0 Å². The first-order valence-electron chi connectivity index (χ1n) is 5.45. The number of hydrogen-bond acceptors (Lipinski definition) is 3. The van der Waals surface area contributed by atoms with Gasteiger partial charge in [0.25, 0.3) is 0 Å². The highest BCUT2D eigenvalue weighted by molar-refractivity contribution is 9.10. The van der Waals surface area contributed by atoms with Gasteiger partial charge in [0.1, 0.15) is 0 Å². The minimum atomic E-state index is 0.424. The van der Waals surface area contributed by atoms with Crippen LogP contribution in [0.25, 0.3) is 0 Å². The summed E-state index contributed by atoms with van der Waals surface area (Å²) in [4.78, 5) is 1.38. The topological polar surface area (TPSA) is 38.0 Å². The van der Waals surface area contributed by atoms with Crippen LogP contribution in [0.5, 0.6) is 0 Å². The van der Waals surface area contributed by atoms with Gasteiger partial charge < -0.3 is 11.1 Å². The van der Waals surface area contributed by atoms with Crippen LogP contribution in [0.15, 0.2) is 15.9 Å². The largest absolute Gasteiger partial charge is 0.327 e. The molecule has 15 heavy (non-hydrogen) atoms. The van der Waals surface area contributed by atoms with Crippen LogP contribution in [0.2, 0.25) is 0 Å². The predicted molar refractivity (Wildman–Crippen MR) is 69.0 cm³/mol. The standard InChI is InChI=1S/C11H17BrN2S/c12-9-4-10(15-7-9)6-14-5-8-2-1-3-11(8)13/h4,7-8,11,14H,1-3,5-6,13H2. The molecule has 0 bridgehead atoms. The summed E-state index contributed by atoms with van der Waals surface area (Å²) in [5, 5.41) is 5.62. The molecule has 0 radical (unpaired) electrons. The van der Waals surface area contributed by atoms with Crippen molar-refractivity contribution in [3.05, 3.63) is 20.8 Å². The van der Waals surface area contributed by atoms with E-state index in [1.165, 1.54) is 28.6 Å². The Morgan fingerprint density at radius 3 is 3.00 bits per heavy atom. The highest BCUT2D eigenvalue weighted by Gasteiger charge is 2.22. The molecular weight excluding hydrogens is 272 g/mol. The lowest BCUT2D eigenvalue weighted by Crippen LogP contribution is -2.32. The SMILES string of the molecule is NC1CCCC1CNCc1cc(Br)cs1. The summed E-state index contributed by atoms with van der Waals surface area (Å²) < 4.78 is 1.18. The highest BCUT2D eigenvalue weighted by atomic mass is 79.9. The number of nitrogens with two attached hydrogens (primary N) is 1. The fourth-order valence-electron chi connectivity index (χ4n) is 2.15. The van der Waals surface area contributed by atoms with Crippen molar-refractivity contribution in [1.29, 1.82) is 0 Å². The summed E-state index contributed by atoms with van der Waals surface area (Å²) in [6, 6.07) is 2.60. The van der Waals surface area contributed by atoms with Gasteiger partial charge in [0.15, 0.2) is 0 Å². The van der Waals surface area contributed by atoms with Gasteiger partial charge >= 0.3 is 0 Å². The molecule has 0 saturated heterocycles. The first-order chi connectivity index (χ1) is 7.25. The van der Waals surface area contributed by atoms with Gasteiger partial charge in [0.2, 0.25) is 0 Å². The number of thiophene rings is 1. The van der Waals surface area contributed by atoms with Crippen molar-refractivity contribution in [2.45, 2.75) is 31.8 Å². The van der Waals surface area contributed by atoms with Gasteiger partial charge in [-0.1, -0.05) is 6.42 Å². The van der Waals surface area contributed by atoms with Crippen molar-refractivity contribution in [3.8, 4) is 0 Å². The van der Waals surface area contributed by atoms with E-state index < -0.39 is 0 Å². The van der Waals surface area contributed by atoms with Gasteiger partial charge in [-0.2, -0.15) is 0 Å². The molecule has 1 aliphatic rings.